The molecule has 2 aromatic carbocycles. The number of nitrogens with zero attached hydrogens (tertiary/aromatic N) is 1. The van der Waals surface area contributed by atoms with Crippen molar-refractivity contribution < 1.29 is 18.7 Å². The summed E-state index contributed by atoms with van der Waals surface area (Å²) in [5.41, 5.74) is 1.12. The number of nitrogens with one attached hydrogen (secondary N) is 1. The predicted molar refractivity (Wildman–Crippen MR) is 95.3 cm³/mol. The molecule has 0 atom stereocenters. The van der Waals surface area contributed by atoms with E-state index in [1.807, 2.05) is 0 Å². The van der Waals surface area contributed by atoms with Crippen molar-refractivity contribution in [3.8, 4) is 0 Å². The van der Waals surface area contributed by atoms with Crippen LogP contribution in [0.3, 0.4) is 0 Å². The highest BCUT2D eigenvalue weighted by Gasteiger charge is 2.15. The molecule has 132 valence electrons. The summed E-state index contributed by atoms with van der Waals surface area (Å²) in [4.78, 5) is 28.3. The van der Waals surface area contributed by atoms with Gasteiger partial charge in [-0.25, -0.2) is 14.2 Å². The quantitative estimate of drug-likeness (QED) is 0.549. The highest BCUT2D eigenvalue weighted by atomic mass is 35.5. The van der Waals surface area contributed by atoms with Crippen molar-refractivity contribution in [1.29, 1.82) is 0 Å². The molecule has 5 nitrogen and oxygen atoms in total. The standard InChI is InChI=1S/C19H14ClFN2O3/c20-17-9-14(13-6-2-4-8-16(13)23-17)19(25)26-11-18(24)22-10-12-5-1-3-7-15(12)21/h1-9H,10-11H2,(H,22,24). The van der Waals surface area contributed by atoms with Gasteiger partial charge in [-0.05, 0) is 18.2 Å². The summed E-state index contributed by atoms with van der Waals surface area (Å²) in [5.74, 6) is -1.64. The molecule has 1 amide bonds. The molecule has 0 fully saturated rings. The maximum absolute atomic E-state index is 13.5. The molecule has 0 aliphatic heterocycles. The summed E-state index contributed by atoms with van der Waals surface area (Å²) in [6.07, 6.45) is 0. The van der Waals surface area contributed by atoms with Gasteiger partial charge in [0.2, 0.25) is 0 Å². The van der Waals surface area contributed by atoms with Crippen molar-refractivity contribution in [2.24, 2.45) is 0 Å². The summed E-state index contributed by atoms with van der Waals surface area (Å²) < 4.78 is 18.5. The van der Waals surface area contributed by atoms with E-state index in [4.69, 9.17) is 16.3 Å². The predicted octanol–water partition coefficient (Wildman–Crippen LogP) is 3.50. The van der Waals surface area contributed by atoms with Crippen LogP contribution in [-0.2, 0) is 16.1 Å². The van der Waals surface area contributed by atoms with Gasteiger partial charge in [-0.3, -0.25) is 4.79 Å². The largest absolute Gasteiger partial charge is 0.452 e. The minimum absolute atomic E-state index is 0.00702. The average molecular weight is 373 g/mol. The molecule has 0 aliphatic rings. The third-order valence-electron chi connectivity index (χ3n) is 3.67. The monoisotopic (exact) mass is 372 g/mol. The maximum atomic E-state index is 13.5. The van der Waals surface area contributed by atoms with Crippen molar-refractivity contribution in [1.82, 2.24) is 10.3 Å². The van der Waals surface area contributed by atoms with Gasteiger partial charge >= 0.3 is 5.97 Å². The lowest BCUT2D eigenvalue weighted by molar-refractivity contribution is -0.124. The van der Waals surface area contributed by atoms with Crippen molar-refractivity contribution in [3.05, 3.63) is 76.7 Å². The molecule has 0 unspecified atom stereocenters. The first-order chi connectivity index (χ1) is 12.5. The minimum atomic E-state index is -0.688. The van der Waals surface area contributed by atoms with Crippen LogP contribution in [0.5, 0.6) is 0 Å². The number of esters is 1. The molecule has 0 spiro atoms. The van der Waals surface area contributed by atoms with Crippen LogP contribution in [0.15, 0.2) is 54.6 Å². The molecule has 1 aromatic heterocycles. The normalized spacial score (nSPS) is 10.5. The molecule has 0 saturated carbocycles. The molecule has 0 bridgehead atoms. The molecule has 3 rings (SSSR count). The zero-order chi connectivity index (χ0) is 18.5. The van der Waals surface area contributed by atoms with Crippen LogP contribution in [0, 0.1) is 5.82 Å². The molecule has 3 aromatic rings. The van der Waals surface area contributed by atoms with Gasteiger partial charge < -0.3 is 10.1 Å². The van der Waals surface area contributed by atoms with Crippen LogP contribution in [0.2, 0.25) is 5.15 Å². The van der Waals surface area contributed by atoms with Gasteiger partial charge in [0.05, 0.1) is 11.1 Å². The number of fused-ring (bicyclic) bond motifs is 1. The topological polar surface area (TPSA) is 68.3 Å². The number of hydrogen-bond acceptors (Lipinski definition) is 4. The zero-order valence-corrected chi connectivity index (χ0v) is 14.3. The first-order valence-electron chi connectivity index (χ1n) is 7.77. The maximum Gasteiger partial charge on any atom is 0.339 e. The Balaban J connectivity index is 1.62. The fourth-order valence-electron chi connectivity index (χ4n) is 2.41. The van der Waals surface area contributed by atoms with Gasteiger partial charge in [-0.15, -0.1) is 0 Å². The third-order valence-corrected chi connectivity index (χ3v) is 3.87. The van der Waals surface area contributed by atoms with Gasteiger partial charge in [-0.2, -0.15) is 0 Å². The van der Waals surface area contributed by atoms with E-state index in [1.165, 1.54) is 12.1 Å². The summed E-state index contributed by atoms with van der Waals surface area (Å²) in [6, 6.07) is 14.5. The fraction of sp³-hybridized carbons (Fsp3) is 0.105. The van der Waals surface area contributed by atoms with Crippen LogP contribution in [0.4, 0.5) is 4.39 Å². The van der Waals surface area contributed by atoms with Crippen LogP contribution in [-0.4, -0.2) is 23.5 Å². The lowest BCUT2D eigenvalue weighted by Gasteiger charge is -2.09. The van der Waals surface area contributed by atoms with E-state index in [9.17, 15) is 14.0 Å². The molecule has 1 heterocycles. The van der Waals surface area contributed by atoms with E-state index in [0.29, 0.717) is 16.5 Å². The van der Waals surface area contributed by atoms with Crippen LogP contribution >= 0.6 is 11.6 Å². The Kier molecular flexibility index (Phi) is 5.43. The van der Waals surface area contributed by atoms with E-state index in [0.717, 1.165) is 0 Å². The molecule has 0 aliphatic carbocycles. The van der Waals surface area contributed by atoms with Crippen molar-refractivity contribution in [3.63, 3.8) is 0 Å². The Morgan fingerprint density at radius 1 is 1.12 bits per heavy atom. The Bertz CT molecular complexity index is 978. The van der Waals surface area contributed by atoms with Crippen LogP contribution < -0.4 is 5.32 Å². The minimum Gasteiger partial charge on any atom is -0.452 e. The summed E-state index contributed by atoms with van der Waals surface area (Å²) in [7, 11) is 0. The molecule has 26 heavy (non-hydrogen) atoms. The Morgan fingerprint density at radius 3 is 2.65 bits per heavy atom. The first kappa shape index (κ1) is 17.8. The number of carbonyl (C=O) groups excluding carboxylic acids is 2. The lowest BCUT2D eigenvalue weighted by Crippen LogP contribution is -2.28. The van der Waals surface area contributed by atoms with Crippen LogP contribution in [0.25, 0.3) is 10.9 Å². The number of aromatic nitrogens is 1. The van der Waals surface area contributed by atoms with E-state index in [2.05, 4.69) is 10.3 Å². The second-order valence-corrected chi connectivity index (χ2v) is 5.84. The smallest absolute Gasteiger partial charge is 0.339 e. The van der Waals surface area contributed by atoms with Gasteiger partial charge in [0.1, 0.15) is 11.0 Å². The van der Waals surface area contributed by atoms with Crippen molar-refractivity contribution in [2.45, 2.75) is 6.54 Å². The number of rotatable bonds is 5. The number of pyridine rings is 1. The third kappa shape index (κ3) is 4.15. The number of benzene rings is 2. The molecular formula is C19H14ClFN2O3. The number of amides is 1. The number of hydrogen-bond donors (Lipinski definition) is 1. The SMILES string of the molecule is O=C(COC(=O)c1cc(Cl)nc2ccccc12)NCc1ccccc1F. The zero-order valence-electron chi connectivity index (χ0n) is 13.5. The molecule has 0 saturated heterocycles. The average Bonchev–Trinajstić information content (AvgIpc) is 2.64. The first-order valence-corrected chi connectivity index (χ1v) is 8.15. The second-order valence-electron chi connectivity index (χ2n) is 5.45. The number of para-hydroxylation sites is 1. The van der Waals surface area contributed by atoms with Gasteiger partial charge in [0.15, 0.2) is 6.61 Å². The fourth-order valence-corrected chi connectivity index (χ4v) is 2.61. The van der Waals surface area contributed by atoms with Gasteiger partial charge in [-0.1, -0.05) is 48.0 Å². The van der Waals surface area contributed by atoms with Gasteiger partial charge in [0, 0.05) is 17.5 Å². The lowest BCUT2D eigenvalue weighted by atomic mass is 10.1. The summed E-state index contributed by atoms with van der Waals surface area (Å²) in [5, 5.41) is 3.23. The van der Waals surface area contributed by atoms with Crippen molar-refractivity contribution in [2.75, 3.05) is 6.61 Å². The number of halogens is 2. The molecule has 1 N–H and O–H groups in total. The highest BCUT2D eigenvalue weighted by Crippen LogP contribution is 2.21. The van der Waals surface area contributed by atoms with E-state index in [-0.39, 0.29) is 17.3 Å². The molecular weight excluding hydrogens is 359 g/mol. The Morgan fingerprint density at radius 2 is 1.85 bits per heavy atom. The Labute approximate surface area is 153 Å². The van der Waals surface area contributed by atoms with E-state index >= 15 is 0 Å². The second kappa shape index (κ2) is 7.93. The highest BCUT2D eigenvalue weighted by molar-refractivity contribution is 6.30. The van der Waals surface area contributed by atoms with Crippen LogP contribution in [0.1, 0.15) is 15.9 Å². The summed E-state index contributed by atoms with van der Waals surface area (Å²) >= 11 is 5.93. The van der Waals surface area contributed by atoms with Crippen molar-refractivity contribution >= 4 is 34.4 Å². The summed E-state index contributed by atoms with van der Waals surface area (Å²) in [6.45, 7) is -0.478. The Hall–Kier alpha value is -2.99. The molecule has 0 radical (unpaired) electrons. The van der Waals surface area contributed by atoms with E-state index < -0.39 is 24.3 Å². The molecule has 7 heteroatoms. The number of carbonyl (C=O) groups is 2. The number of ether oxygens (including phenoxy) is 1. The van der Waals surface area contributed by atoms with E-state index in [1.54, 1.807) is 42.5 Å². The van der Waals surface area contributed by atoms with Gasteiger partial charge in [0.25, 0.3) is 5.91 Å².